The fourth-order valence-corrected chi connectivity index (χ4v) is 5.93. The van der Waals surface area contributed by atoms with Gasteiger partial charge in [0.15, 0.2) is 11.6 Å². The van der Waals surface area contributed by atoms with Gasteiger partial charge in [-0.3, -0.25) is 0 Å². The molecule has 0 aliphatic carbocycles. The lowest BCUT2D eigenvalue weighted by molar-refractivity contribution is -0.175. The maximum Gasteiger partial charge on any atom is 0.164 e. The first kappa shape index (κ1) is 38.2. The minimum Gasteiger partial charge on any atom is -0.390 e. The molecule has 2 aliphatic heterocycles. The number of aliphatic hydroxyl groups excluding tert-OH is 1. The van der Waals surface area contributed by atoms with Crippen LogP contribution in [0.2, 0.25) is 0 Å². The molecule has 0 aromatic heterocycles. The molecular weight excluding hydrogens is 550 g/mol. The number of hydrogen-bond donors (Lipinski definition) is 1. The van der Waals surface area contributed by atoms with Crippen LogP contribution < -0.4 is 0 Å². The van der Waals surface area contributed by atoms with E-state index in [-0.39, 0.29) is 25.4 Å². The van der Waals surface area contributed by atoms with Crippen LogP contribution in [0, 0.1) is 0 Å². The summed E-state index contributed by atoms with van der Waals surface area (Å²) in [6.45, 7) is 16.2. The van der Waals surface area contributed by atoms with Gasteiger partial charge in [-0.25, -0.2) is 0 Å². The van der Waals surface area contributed by atoms with E-state index in [1.54, 1.807) is 0 Å². The predicted octanol–water partition coefficient (Wildman–Crippen LogP) is 7.99. The second-order valence-corrected chi connectivity index (χ2v) is 14.3. The largest absolute Gasteiger partial charge is 0.390 e. The van der Waals surface area contributed by atoms with Crippen molar-refractivity contribution in [3.63, 3.8) is 0 Å². The first-order chi connectivity index (χ1) is 20.3. The van der Waals surface area contributed by atoms with Crippen molar-refractivity contribution in [1.82, 2.24) is 0 Å². The second kappa shape index (κ2) is 18.9. The third-order valence-corrected chi connectivity index (χ3v) is 7.99. The quantitative estimate of drug-likeness (QED) is 0.0568. The van der Waals surface area contributed by atoms with E-state index in [9.17, 15) is 10.6 Å². The fourth-order valence-electron chi connectivity index (χ4n) is 5.93. The number of aliphatic hydroxyl groups is 1. The minimum absolute atomic E-state index is 0.0842. The Hall–Kier alpha value is -0.970. The van der Waals surface area contributed by atoms with Gasteiger partial charge < -0.3 is 33.5 Å². The van der Waals surface area contributed by atoms with Crippen molar-refractivity contribution >= 4 is 0 Å². The molecule has 43 heavy (non-hydrogen) atoms. The average Bonchev–Trinajstić information content (AvgIpc) is 3.43. The van der Waals surface area contributed by atoms with E-state index in [4.69, 9.17) is 28.4 Å². The Balaban J connectivity index is 1.83. The standard InChI is InChI=1S/C33H63N3O7/c1-9-10-11-12-13-14-15-16-17-18-19-20-21-26(37)29(42-31(2,3)4)25(35-36-34)22-38-23-27-30(43-33(7,8)41-27)28-24-39-32(5,6)40-28/h25-30,37H,9-24H2,1-8H3/t25-,26+,27+,28-,29-,30?/m0/s1. The number of hydrogen-bond acceptors (Lipinski definition) is 8. The minimum atomic E-state index is -0.790. The molecule has 1 unspecified atom stereocenters. The number of azide groups is 1. The zero-order chi connectivity index (χ0) is 31.9. The fraction of sp³-hybridized carbons (Fsp3) is 1.00. The summed E-state index contributed by atoms with van der Waals surface area (Å²) in [5.74, 6) is -1.47. The van der Waals surface area contributed by atoms with E-state index < -0.39 is 41.5 Å². The van der Waals surface area contributed by atoms with Crippen molar-refractivity contribution in [3.8, 4) is 0 Å². The first-order valence-corrected chi connectivity index (χ1v) is 16.9. The van der Waals surface area contributed by atoms with Gasteiger partial charge in [0.1, 0.15) is 18.3 Å². The third kappa shape index (κ3) is 15.2. The van der Waals surface area contributed by atoms with Crippen LogP contribution >= 0.6 is 0 Å². The SMILES string of the molecule is CCCCCCCCCCCCCC[C@@H](O)[C@@H](OC(C)(C)C)[C@H](COC[C@H]1OC(C)(C)OC1[C@@H]1COC(C)(C)O1)N=[N+]=[N-]. The van der Waals surface area contributed by atoms with Crippen LogP contribution in [-0.4, -0.2) is 78.7 Å². The summed E-state index contributed by atoms with van der Waals surface area (Å²) in [6, 6.07) is -0.699. The van der Waals surface area contributed by atoms with Crippen LogP contribution in [0.3, 0.4) is 0 Å². The Morgan fingerprint density at radius 3 is 1.98 bits per heavy atom. The van der Waals surface area contributed by atoms with Gasteiger partial charge in [-0.1, -0.05) is 89.1 Å². The summed E-state index contributed by atoms with van der Waals surface area (Å²) >= 11 is 0. The average molecular weight is 614 g/mol. The van der Waals surface area contributed by atoms with Crippen LogP contribution in [0.4, 0.5) is 0 Å². The van der Waals surface area contributed by atoms with Gasteiger partial charge in [0.2, 0.25) is 0 Å². The van der Waals surface area contributed by atoms with Crippen LogP contribution in [0.15, 0.2) is 5.11 Å². The molecule has 0 bridgehead atoms. The summed E-state index contributed by atoms with van der Waals surface area (Å²) in [7, 11) is 0. The summed E-state index contributed by atoms with van der Waals surface area (Å²) < 4.78 is 36.4. The Bertz CT molecular complexity index is 813. The van der Waals surface area contributed by atoms with E-state index >= 15 is 0 Å². The number of unbranched alkanes of at least 4 members (excludes halogenated alkanes) is 11. The topological polar surface area (TPSA) is 124 Å². The van der Waals surface area contributed by atoms with Gasteiger partial charge in [-0.05, 0) is 60.4 Å². The summed E-state index contributed by atoms with van der Waals surface area (Å²) in [6.07, 6.45) is 13.2. The van der Waals surface area contributed by atoms with E-state index in [0.717, 1.165) is 12.8 Å². The lowest BCUT2D eigenvalue weighted by Gasteiger charge is -2.34. The van der Waals surface area contributed by atoms with Crippen molar-refractivity contribution in [1.29, 1.82) is 0 Å². The van der Waals surface area contributed by atoms with Crippen molar-refractivity contribution in [2.75, 3.05) is 19.8 Å². The monoisotopic (exact) mass is 613 g/mol. The summed E-state index contributed by atoms with van der Waals surface area (Å²) in [5, 5.41) is 15.2. The molecule has 1 N–H and O–H groups in total. The van der Waals surface area contributed by atoms with Crippen molar-refractivity contribution in [2.24, 2.45) is 5.11 Å². The van der Waals surface area contributed by atoms with Crippen LogP contribution in [-0.2, 0) is 28.4 Å². The first-order valence-electron chi connectivity index (χ1n) is 16.9. The molecule has 252 valence electrons. The van der Waals surface area contributed by atoms with Gasteiger partial charge in [0.05, 0.1) is 43.7 Å². The van der Waals surface area contributed by atoms with Gasteiger partial charge in [0, 0.05) is 4.91 Å². The van der Waals surface area contributed by atoms with E-state index in [1.807, 2.05) is 48.5 Å². The molecule has 10 heteroatoms. The summed E-state index contributed by atoms with van der Waals surface area (Å²) in [5.41, 5.74) is 8.83. The van der Waals surface area contributed by atoms with Gasteiger partial charge in [-0.2, -0.15) is 0 Å². The Morgan fingerprint density at radius 1 is 0.884 bits per heavy atom. The molecule has 0 saturated carbocycles. The highest BCUT2D eigenvalue weighted by molar-refractivity contribution is 4.91. The van der Waals surface area contributed by atoms with Gasteiger partial charge in [-0.15, -0.1) is 0 Å². The molecule has 0 amide bonds. The Kier molecular flexibility index (Phi) is 16.8. The van der Waals surface area contributed by atoms with E-state index in [0.29, 0.717) is 13.0 Å². The maximum absolute atomic E-state index is 11.2. The highest BCUT2D eigenvalue weighted by Gasteiger charge is 2.49. The molecule has 2 heterocycles. The molecule has 2 fully saturated rings. The normalized spacial score (nSPS) is 25.4. The highest BCUT2D eigenvalue weighted by atomic mass is 16.8. The zero-order valence-electron chi connectivity index (χ0n) is 28.5. The number of nitrogens with zero attached hydrogens (tertiary/aromatic N) is 3. The molecular formula is C33H63N3O7. The second-order valence-electron chi connectivity index (χ2n) is 14.3. The maximum atomic E-state index is 11.2. The Labute approximate surface area is 261 Å². The van der Waals surface area contributed by atoms with Crippen LogP contribution in [0.1, 0.15) is 139 Å². The molecule has 0 aromatic rings. The van der Waals surface area contributed by atoms with Gasteiger partial charge in [0.25, 0.3) is 0 Å². The zero-order valence-corrected chi connectivity index (χ0v) is 28.5. The molecule has 0 aromatic carbocycles. The third-order valence-electron chi connectivity index (χ3n) is 7.99. The molecule has 2 aliphatic rings. The molecule has 10 nitrogen and oxygen atoms in total. The van der Waals surface area contributed by atoms with Gasteiger partial charge >= 0.3 is 0 Å². The Morgan fingerprint density at radius 2 is 1.47 bits per heavy atom. The number of ether oxygens (including phenoxy) is 6. The van der Waals surface area contributed by atoms with Crippen molar-refractivity contribution < 1.29 is 33.5 Å². The molecule has 2 rings (SSSR count). The van der Waals surface area contributed by atoms with Crippen LogP contribution in [0.5, 0.6) is 0 Å². The molecule has 0 spiro atoms. The molecule has 2 saturated heterocycles. The lowest BCUT2D eigenvalue weighted by atomic mass is 9.98. The lowest BCUT2D eigenvalue weighted by Crippen LogP contribution is -2.46. The van der Waals surface area contributed by atoms with Crippen molar-refractivity contribution in [3.05, 3.63) is 10.4 Å². The smallest absolute Gasteiger partial charge is 0.164 e. The molecule has 6 atom stereocenters. The van der Waals surface area contributed by atoms with E-state index in [2.05, 4.69) is 16.9 Å². The number of rotatable bonds is 22. The van der Waals surface area contributed by atoms with E-state index in [1.165, 1.54) is 64.2 Å². The molecule has 0 radical (unpaired) electrons. The van der Waals surface area contributed by atoms with Crippen molar-refractivity contribution in [2.45, 2.75) is 193 Å². The van der Waals surface area contributed by atoms with Crippen LogP contribution in [0.25, 0.3) is 10.4 Å². The summed E-state index contributed by atoms with van der Waals surface area (Å²) in [4.78, 5) is 3.06. The highest BCUT2D eigenvalue weighted by Crippen LogP contribution is 2.36. The predicted molar refractivity (Wildman–Crippen MR) is 169 cm³/mol.